The molecular weight excluding hydrogens is 554 g/mol. The second kappa shape index (κ2) is 11.4. The molecule has 2 saturated heterocycles. The number of aliphatic hydroxyl groups excluding tert-OH is 1. The Morgan fingerprint density at radius 1 is 0.978 bits per heavy atom. The fourth-order valence-electron chi connectivity index (χ4n) is 11.3. The van der Waals surface area contributed by atoms with Crippen molar-refractivity contribution < 1.29 is 14.6 Å². The molecular formula is C41H53NO3. The molecule has 2 saturated carbocycles. The van der Waals surface area contributed by atoms with Gasteiger partial charge in [-0.05, 0) is 124 Å². The van der Waals surface area contributed by atoms with Gasteiger partial charge in [0.15, 0.2) is 0 Å². The normalized spacial score (nSPS) is 41.1. The van der Waals surface area contributed by atoms with Crippen molar-refractivity contribution in [2.45, 2.75) is 116 Å². The molecule has 4 fully saturated rings. The van der Waals surface area contributed by atoms with Crippen LogP contribution in [0.15, 0.2) is 77.4 Å². The van der Waals surface area contributed by atoms with Crippen LogP contribution in [0.2, 0.25) is 0 Å². The van der Waals surface area contributed by atoms with E-state index in [-0.39, 0.29) is 17.1 Å². The average Bonchev–Trinajstić information content (AvgIpc) is 3.49. The summed E-state index contributed by atoms with van der Waals surface area (Å²) in [7, 11) is 0. The predicted octanol–water partition coefficient (Wildman–Crippen LogP) is 9.10. The standard InChI is InChI=1S/C41H53NO3/c1-26-20-38-39(42(24-26)25-29-10-13-33(14-11-29)44-32-8-6-5-7-9-32)28(3)41(45-38)19-17-34-35-15-12-30-21-31(43)16-18-40(30,4)37(35)22-36(34)27(2)23-41/h5-14,26,28,31,34-35,37-39,43H,15-25H2,1-4H3/t26-,28+,31-,34-,35-,37-,38+,39-,40-,41?/m0/s1. The Morgan fingerprint density at radius 3 is 2.56 bits per heavy atom. The van der Waals surface area contributed by atoms with E-state index in [0.717, 1.165) is 62.1 Å². The van der Waals surface area contributed by atoms with Crippen LogP contribution >= 0.6 is 0 Å². The van der Waals surface area contributed by atoms with E-state index in [1.807, 2.05) is 30.3 Å². The van der Waals surface area contributed by atoms with Gasteiger partial charge in [0, 0.05) is 25.0 Å². The van der Waals surface area contributed by atoms with Gasteiger partial charge in [0.05, 0.1) is 17.8 Å². The van der Waals surface area contributed by atoms with Crippen LogP contribution in [0.3, 0.4) is 0 Å². The number of rotatable bonds is 4. The summed E-state index contributed by atoms with van der Waals surface area (Å²) in [6, 6.07) is 19.2. The van der Waals surface area contributed by atoms with E-state index in [0.29, 0.717) is 29.9 Å². The Morgan fingerprint density at radius 2 is 1.76 bits per heavy atom. The number of nitrogens with zero attached hydrogens (tertiary/aromatic N) is 1. The summed E-state index contributed by atoms with van der Waals surface area (Å²) in [4.78, 5) is 2.77. The molecule has 2 aliphatic heterocycles. The van der Waals surface area contributed by atoms with Crippen LogP contribution in [0.5, 0.6) is 11.5 Å². The maximum Gasteiger partial charge on any atom is 0.127 e. The number of fused-ring (bicyclic) bond motifs is 6. The van der Waals surface area contributed by atoms with Crippen LogP contribution in [0, 0.1) is 35.0 Å². The first-order chi connectivity index (χ1) is 21.7. The maximum atomic E-state index is 10.4. The zero-order chi connectivity index (χ0) is 30.9. The Balaban J connectivity index is 1.000. The summed E-state index contributed by atoms with van der Waals surface area (Å²) in [6.45, 7) is 12.1. The lowest BCUT2D eigenvalue weighted by molar-refractivity contribution is -0.0798. The van der Waals surface area contributed by atoms with Crippen molar-refractivity contribution in [2.24, 2.45) is 35.0 Å². The van der Waals surface area contributed by atoms with E-state index >= 15 is 0 Å². The molecule has 1 spiro atoms. The topological polar surface area (TPSA) is 41.9 Å². The molecule has 8 rings (SSSR count). The maximum absolute atomic E-state index is 10.4. The first kappa shape index (κ1) is 30.0. The Kier molecular flexibility index (Phi) is 7.58. The van der Waals surface area contributed by atoms with E-state index in [2.05, 4.69) is 62.9 Å². The number of likely N-dealkylation sites (tertiary alicyclic amines) is 1. The summed E-state index contributed by atoms with van der Waals surface area (Å²) in [5.41, 5.74) is 6.59. The third-order valence-corrected chi connectivity index (χ3v) is 13.6. The summed E-state index contributed by atoms with van der Waals surface area (Å²) >= 11 is 0. The molecule has 0 aromatic heterocycles. The lowest BCUT2D eigenvalue weighted by Crippen LogP contribution is -2.51. The van der Waals surface area contributed by atoms with Crippen LogP contribution in [0.1, 0.15) is 91.0 Å². The number of hydrogen-bond donors (Lipinski definition) is 1. The number of allylic oxidation sites excluding steroid dienone is 2. The third-order valence-electron chi connectivity index (χ3n) is 13.6. The van der Waals surface area contributed by atoms with Crippen molar-refractivity contribution in [1.29, 1.82) is 0 Å². The largest absolute Gasteiger partial charge is 0.457 e. The number of aliphatic hydroxyl groups is 1. The van der Waals surface area contributed by atoms with Gasteiger partial charge >= 0.3 is 0 Å². The van der Waals surface area contributed by atoms with Gasteiger partial charge in [-0.3, -0.25) is 4.90 Å². The first-order valence-corrected chi connectivity index (χ1v) is 18.0. The Labute approximate surface area is 270 Å². The van der Waals surface area contributed by atoms with Gasteiger partial charge in [0.25, 0.3) is 0 Å². The van der Waals surface area contributed by atoms with Gasteiger partial charge in [-0.2, -0.15) is 0 Å². The monoisotopic (exact) mass is 607 g/mol. The second-order valence-electron chi connectivity index (χ2n) is 16.2. The molecule has 240 valence electrons. The first-order valence-electron chi connectivity index (χ1n) is 18.0. The van der Waals surface area contributed by atoms with Gasteiger partial charge in [-0.25, -0.2) is 0 Å². The lowest BCUT2D eigenvalue weighted by atomic mass is 9.56. The van der Waals surface area contributed by atoms with E-state index in [4.69, 9.17) is 9.47 Å². The lowest BCUT2D eigenvalue weighted by Gasteiger charge is -2.49. The highest BCUT2D eigenvalue weighted by Crippen LogP contribution is 2.64. The molecule has 10 atom stereocenters. The van der Waals surface area contributed by atoms with Gasteiger partial charge in [-0.15, -0.1) is 0 Å². The van der Waals surface area contributed by atoms with Crippen LogP contribution in [0.25, 0.3) is 0 Å². The third kappa shape index (κ3) is 5.15. The van der Waals surface area contributed by atoms with E-state index in [1.165, 1.54) is 37.7 Å². The quantitative estimate of drug-likeness (QED) is 0.352. The molecule has 1 unspecified atom stereocenters. The highest BCUT2D eigenvalue weighted by Gasteiger charge is 2.59. The zero-order valence-electron chi connectivity index (χ0n) is 27.9. The summed E-state index contributed by atoms with van der Waals surface area (Å²) < 4.78 is 13.4. The van der Waals surface area contributed by atoms with Crippen molar-refractivity contribution in [3.05, 3.63) is 83.0 Å². The number of benzene rings is 2. The van der Waals surface area contributed by atoms with Crippen LogP contribution in [0.4, 0.5) is 0 Å². The second-order valence-corrected chi connectivity index (χ2v) is 16.2. The van der Waals surface area contributed by atoms with Crippen molar-refractivity contribution in [2.75, 3.05) is 6.54 Å². The smallest absolute Gasteiger partial charge is 0.127 e. The highest BCUT2D eigenvalue weighted by molar-refractivity contribution is 5.35. The van der Waals surface area contributed by atoms with Gasteiger partial charge in [0.2, 0.25) is 0 Å². The van der Waals surface area contributed by atoms with Crippen molar-refractivity contribution in [3.8, 4) is 11.5 Å². The predicted molar refractivity (Wildman–Crippen MR) is 180 cm³/mol. The molecule has 2 heterocycles. The summed E-state index contributed by atoms with van der Waals surface area (Å²) in [5.74, 6) is 5.13. The molecule has 45 heavy (non-hydrogen) atoms. The van der Waals surface area contributed by atoms with Gasteiger partial charge < -0.3 is 14.6 Å². The molecule has 0 bridgehead atoms. The minimum absolute atomic E-state index is 0.0452. The summed E-state index contributed by atoms with van der Waals surface area (Å²) in [5, 5.41) is 10.4. The van der Waals surface area contributed by atoms with Crippen LogP contribution < -0.4 is 4.74 Å². The minimum Gasteiger partial charge on any atom is -0.457 e. The molecule has 0 radical (unpaired) electrons. The minimum atomic E-state index is -0.131. The van der Waals surface area contributed by atoms with E-state index in [9.17, 15) is 5.11 Å². The number of hydrogen-bond acceptors (Lipinski definition) is 4. The van der Waals surface area contributed by atoms with Crippen molar-refractivity contribution in [3.63, 3.8) is 0 Å². The fourth-order valence-corrected chi connectivity index (χ4v) is 11.3. The Bertz CT molecular complexity index is 1460. The molecule has 2 aromatic carbocycles. The van der Waals surface area contributed by atoms with E-state index < -0.39 is 0 Å². The molecule has 4 aliphatic carbocycles. The summed E-state index contributed by atoms with van der Waals surface area (Å²) in [6.07, 6.45) is 13.0. The molecule has 4 nitrogen and oxygen atoms in total. The zero-order valence-corrected chi connectivity index (χ0v) is 27.9. The fraction of sp³-hybridized carbons (Fsp3) is 0.610. The molecule has 0 amide bonds. The van der Waals surface area contributed by atoms with Gasteiger partial charge in [-0.1, -0.05) is 73.9 Å². The van der Waals surface area contributed by atoms with Crippen LogP contribution in [-0.2, 0) is 11.3 Å². The molecule has 4 heteroatoms. The SMILES string of the molecule is CC1=C2C[C@H]3[C@@H](CC=C4C[C@@H](O)CC[C@@]43C)[C@@H]2CCC2(C1)O[C@@H]1C[C@H](C)CN(Cc3ccc(Oc4ccccc4)cc3)[C@H]1[C@H]2C. The number of piperidine rings is 1. The van der Waals surface area contributed by atoms with E-state index in [1.54, 1.807) is 16.7 Å². The van der Waals surface area contributed by atoms with Crippen molar-refractivity contribution >= 4 is 0 Å². The number of para-hydroxylation sites is 1. The Hall–Kier alpha value is -2.40. The average molecular weight is 608 g/mol. The molecule has 2 aromatic rings. The van der Waals surface area contributed by atoms with Gasteiger partial charge in [0.1, 0.15) is 11.5 Å². The number of ether oxygens (including phenoxy) is 2. The van der Waals surface area contributed by atoms with Crippen LogP contribution in [-0.4, -0.2) is 40.4 Å². The molecule has 1 N–H and O–H groups in total. The molecule has 6 aliphatic rings. The highest BCUT2D eigenvalue weighted by atomic mass is 16.5. The van der Waals surface area contributed by atoms with Crippen molar-refractivity contribution in [1.82, 2.24) is 4.90 Å².